The van der Waals surface area contributed by atoms with E-state index in [1.165, 1.54) is 4.88 Å². The molecule has 0 aromatic carbocycles. The van der Waals surface area contributed by atoms with Gasteiger partial charge < -0.3 is 16.0 Å². The summed E-state index contributed by atoms with van der Waals surface area (Å²) in [4.78, 5) is 21.9. The van der Waals surface area contributed by atoms with Crippen molar-refractivity contribution >= 4 is 23.2 Å². The van der Waals surface area contributed by atoms with Gasteiger partial charge in [0, 0.05) is 43.4 Å². The Kier molecular flexibility index (Phi) is 6.83. The number of guanidine groups is 1. The van der Waals surface area contributed by atoms with Gasteiger partial charge in [0.1, 0.15) is 0 Å². The van der Waals surface area contributed by atoms with Gasteiger partial charge in [-0.1, -0.05) is 0 Å². The highest BCUT2D eigenvalue weighted by atomic mass is 32.1. The highest BCUT2D eigenvalue weighted by Crippen LogP contribution is 2.28. The number of rotatable bonds is 8. The average molecular weight is 337 g/mol. The average Bonchev–Trinajstić information content (AvgIpc) is 3.30. The van der Waals surface area contributed by atoms with E-state index in [9.17, 15) is 4.79 Å². The molecule has 1 aliphatic carbocycles. The van der Waals surface area contributed by atoms with Gasteiger partial charge in [-0.2, -0.15) is 0 Å². The Hall–Kier alpha value is -1.63. The Labute approximate surface area is 142 Å². The molecule has 0 atom stereocenters. The minimum Gasteiger partial charge on any atom is -0.357 e. The van der Waals surface area contributed by atoms with Gasteiger partial charge in [-0.15, -0.1) is 11.3 Å². The summed E-state index contributed by atoms with van der Waals surface area (Å²) in [5, 5.41) is 10.5. The van der Waals surface area contributed by atoms with Crippen LogP contribution in [0, 0.1) is 19.8 Å². The maximum atomic E-state index is 11.5. The van der Waals surface area contributed by atoms with E-state index < -0.39 is 0 Å². The first kappa shape index (κ1) is 17.7. The van der Waals surface area contributed by atoms with Crippen molar-refractivity contribution < 1.29 is 4.79 Å². The molecule has 3 N–H and O–H groups in total. The third kappa shape index (κ3) is 6.17. The summed E-state index contributed by atoms with van der Waals surface area (Å²) in [6.45, 7) is 8.99. The molecule has 1 aliphatic rings. The molecule has 1 amide bonds. The number of nitrogens with zero attached hydrogens (tertiary/aromatic N) is 2. The van der Waals surface area contributed by atoms with Crippen LogP contribution in [0.15, 0.2) is 4.99 Å². The molecule has 1 aromatic heterocycles. The Morgan fingerprint density at radius 1 is 1.26 bits per heavy atom. The number of carbonyl (C=O) groups is 1. The second-order valence-corrected chi connectivity index (χ2v) is 7.03. The topological polar surface area (TPSA) is 78.4 Å². The molecule has 1 saturated carbocycles. The van der Waals surface area contributed by atoms with E-state index in [1.54, 1.807) is 11.3 Å². The molecule has 0 radical (unpaired) electrons. The van der Waals surface area contributed by atoms with Crippen LogP contribution in [0.5, 0.6) is 0 Å². The van der Waals surface area contributed by atoms with Crippen molar-refractivity contribution in [3.05, 3.63) is 15.6 Å². The minimum absolute atomic E-state index is 0.185. The van der Waals surface area contributed by atoms with Crippen molar-refractivity contribution in [3.8, 4) is 0 Å². The van der Waals surface area contributed by atoms with Gasteiger partial charge in [0.15, 0.2) is 5.96 Å². The Morgan fingerprint density at radius 3 is 2.61 bits per heavy atom. The van der Waals surface area contributed by atoms with Gasteiger partial charge in [-0.25, -0.2) is 4.98 Å². The number of hydrogen-bond acceptors (Lipinski definition) is 4. The van der Waals surface area contributed by atoms with Crippen LogP contribution in [0.1, 0.15) is 35.3 Å². The van der Waals surface area contributed by atoms with Crippen LogP contribution >= 0.6 is 11.3 Å². The Balaban J connectivity index is 1.70. The van der Waals surface area contributed by atoms with Gasteiger partial charge in [0.05, 0.1) is 10.7 Å². The third-order valence-corrected chi connectivity index (χ3v) is 4.75. The summed E-state index contributed by atoms with van der Waals surface area (Å²) in [6, 6.07) is 0. The smallest absolute Gasteiger partial charge is 0.223 e. The van der Waals surface area contributed by atoms with Gasteiger partial charge in [0.2, 0.25) is 5.91 Å². The van der Waals surface area contributed by atoms with Gasteiger partial charge >= 0.3 is 0 Å². The molecule has 0 saturated heterocycles. The summed E-state index contributed by atoms with van der Waals surface area (Å²) in [5.41, 5.74) is 1.11. The number of aryl methyl sites for hydroxylation is 2. The van der Waals surface area contributed by atoms with Crippen LogP contribution in [0.4, 0.5) is 0 Å². The molecule has 23 heavy (non-hydrogen) atoms. The molecule has 6 nitrogen and oxygen atoms in total. The van der Waals surface area contributed by atoms with E-state index in [2.05, 4.69) is 32.9 Å². The molecule has 1 aromatic rings. The maximum Gasteiger partial charge on any atom is 0.223 e. The monoisotopic (exact) mass is 337 g/mol. The Morgan fingerprint density at radius 2 is 2.00 bits per heavy atom. The lowest BCUT2D eigenvalue weighted by Crippen LogP contribution is -2.41. The molecule has 1 fully saturated rings. The number of aromatic nitrogens is 1. The molecular formula is C16H27N5OS. The number of hydrogen-bond donors (Lipinski definition) is 3. The summed E-state index contributed by atoms with van der Waals surface area (Å²) in [5.74, 6) is 1.25. The van der Waals surface area contributed by atoms with Crippen LogP contribution in [-0.2, 0) is 11.2 Å². The second-order valence-electron chi connectivity index (χ2n) is 5.74. The van der Waals surface area contributed by atoms with Crippen LogP contribution in [0.25, 0.3) is 0 Å². The molecule has 7 heteroatoms. The molecular weight excluding hydrogens is 310 g/mol. The lowest BCUT2D eigenvalue weighted by molar-refractivity contribution is -0.122. The lowest BCUT2D eigenvalue weighted by Gasteiger charge is -2.11. The van der Waals surface area contributed by atoms with Crippen molar-refractivity contribution in [3.63, 3.8) is 0 Å². The zero-order chi connectivity index (χ0) is 16.7. The predicted molar refractivity (Wildman–Crippen MR) is 95.0 cm³/mol. The molecule has 128 valence electrons. The van der Waals surface area contributed by atoms with E-state index in [4.69, 9.17) is 0 Å². The van der Waals surface area contributed by atoms with Crippen molar-refractivity contribution in [1.82, 2.24) is 20.9 Å². The largest absolute Gasteiger partial charge is 0.357 e. The lowest BCUT2D eigenvalue weighted by atomic mass is 10.3. The number of nitrogens with one attached hydrogen (secondary N) is 3. The van der Waals surface area contributed by atoms with Crippen LogP contribution in [0.2, 0.25) is 0 Å². The first-order valence-corrected chi connectivity index (χ1v) is 9.14. The van der Waals surface area contributed by atoms with E-state index >= 15 is 0 Å². The minimum atomic E-state index is 0.185. The molecule has 0 unspecified atom stereocenters. The summed E-state index contributed by atoms with van der Waals surface area (Å²) >= 11 is 1.74. The highest BCUT2D eigenvalue weighted by molar-refractivity contribution is 7.11. The van der Waals surface area contributed by atoms with E-state index in [0.717, 1.165) is 49.0 Å². The summed E-state index contributed by atoms with van der Waals surface area (Å²) < 4.78 is 0. The molecule has 0 aliphatic heterocycles. The standard InChI is InChI=1S/C16H27N5OS/c1-4-17-16(20-10-9-18-15(22)13-5-6-13)19-8-7-14-11(2)21-12(3)23-14/h13H,4-10H2,1-3H3,(H,18,22)(H2,17,19,20). The molecule has 2 rings (SSSR count). The van der Waals surface area contributed by atoms with Crippen LogP contribution < -0.4 is 16.0 Å². The number of amides is 1. The zero-order valence-electron chi connectivity index (χ0n) is 14.2. The fourth-order valence-corrected chi connectivity index (χ4v) is 3.20. The molecule has 1 heterocycles. The fourth-order valence-electron chi connectivity index (χ4n) is 2.27. The summed E-state index contributed by atoms with van der Waals surface area (Å²) in [7, 11) is 0. The number of thiazole rings is 1. The molecule has 0 spiro atoms. The molecule has 0 bridgehead atoms. The van der Waals surface area contributed by atoms with Crippen molar-refractivity contribution in [1.29, 1.82) is 0 Å². The van der Waals surface area contributed by atoms with Gasteiger partial charge in [-0.05, 0) is 33.6 Å². The highest BCUT2D eigenvalue weighted by Gasteiger charge is 2.28. The number of carbonyl (C=O) groups excluding carboxylic acids is 1. The fraction of sp³-hybridized carbons (Fsp3) is 0.688. The number of aliphatic imine (C=N–C) groups is 1. The second kappa shape index (κ2) is 8.86. The SMILES string of the molecule is CCNC(=NCCc1sc(C)nc1C)NCCNC(=O)C1CC1. The van der Waals surface area contributed by atoms with Crippen molar-refractivity contribution in [2.24, 2.45) is 10.9 Å². The van der Waals surface area contributed by atoms with E-state index in [0.29, 0.717) is 13.1 Å². The zero-order valence-corrected chi connectivity index (χ0v) is 15.1. The normalized spacial score (nSPS) is 14.7. The summed E-state index contributed by atoms with van der Waals surface area (Å²) in [6.07, 6.45) is 2.99. The first-order chi connectivity index (χ1) is 11.1. The maximum absolute atomic E-state index is 11.5. The third-order valence-electron chi connectivity index (χ3n) is 3.62. The predicted octanol–water partition coefficient (Wildman–Crippen LogP) is 1.38. The quantitative estimate of drug-likeness (QED) is 0.380. The van der Waals surface area contributed by atoms with Gasteiger partial charge in [-0.3, -0.25) is 9.79 Å². The first-order valence-electron chi connectivity index (χ1n) is 8.33. The van der Waals surface area contributed by atoms with Crippen molar-refractivity contribution in [2.45, 2.75) is 40.0 Å². The van der Waals surface area contributed by atoms with Crippen molar-refractivity contribution in [2.75, 3.05) is 26.2 Å². The Bertz CT molecular complexity index is 551. The van der Waals surface area contributed by atoms with Crippen LogP contribution in [-0.4, -0.2) is 43.0 Å². The van der Waals surface area contributed by atoms with Gasteiger partial charge in [0.25, 0.3) is 0 Å². The van der Waals surface area contributed by atoms with E-state index in [-0.39, 0.29) is 11.8 Å². The van der Waals surface area contributed by atoms with E-state index in [1.807, 2.05) is 13.8 Å². The van der Waals surface area contributed by atoms with Crippen LogP contribution in [0.3, 0.4) is 0 Å².